The zero-order valence-corrected chi connectivity index (χ0v) is 22.3. The summed E-state index contributed by atoms with van der Waals surface area (Å²) in [5.74, 6) is 0.501. The molecule has 0 aliphatic heterocycles. The molecule has 0 bridgehead atoms. The smallest absolute Gasteiger partial charge is 0.247 e. The number of aromatic nitrogens is 1. The van der Waals surface area contributed by atoms with Crippen molar-refractivity contribution in [3.8, 4) is 5.75 Å². The Bertz CT molecular complexity index is 1370. The van der Waals surface area contributed by atoms with E-state index in [9.17, 15) is 9.59 Å². The Morgan fingerprint density at radius 3 is 2.37 bits per heavy atom. The van der Waals surface area contributed by atoms with Crippen LogP contribution < -0.4 is 4.74 Å². The van der Waals surface area contributed by atoms with E-state index < -0.39 is 0 Å². The lowest BCUT2D eigenvalue weighted by atomic mass is 10.1. The number of methoxy groups -OCH3 is 1. The Morgan fingerprint density at radius 1 is 0.947 bits per heavy atom. The first-order valence-electron chi connectivity index (χ1n) is 12.9. The number of aromatic amines is 1. The van der Waals surface area contributed by atoms with Gasteiger partial charge in [0.05, 0.1) is 7.11 Å². The molecule has 1 heterocycles. The summed E-state index contributed by atoms with van der Waals surface area (Å²) in [6, 6.07) is 25.5. The van der Waals surface area contributed by atoms with Crippen molar-refractivity contribution in [3.05, 3.63) is 108 Å². The Kier molecular flexibility index (Phi) is 8.98. The van der Waals surface area contributed by atoms with E-state index in [1.165, 1.54) is 0 Å². The Balaban J connectivity index is 1.51. The van der Waals surface area contributed by atoms with Crippen LogP contribution in [-0.2, 0) is 22.6 Å². The lowest BCUT2D eigenvalue weighted by Crippen LogP contribution is -2.45. The molecule has 0 spiro atoms. The molecule has 2 amide bonds. The van der Waals surface area contributed by atoms with Crippen LogP contribution in [0.2, 0.25) is 0 Å². The second-order valence-electron chi connectivity index (χ2n) is 9.58. The summed E-state index contributed by atoms with van der Waals surface area (Å²) in [6.45, 7) is 4.86. The van der Waals surface area contributed by atoms with Gasteiger partial charge in [0, 0.05) is 42.3 Å². The third-order valence-electron chi connectivity index (χ3n) is 6.64. The number of amides is 2. The van der Waals surface area contributed by atoms with E-state index in [0.29, 0.717) is 19.5 Å². The van der Waals surface area contributed by atoms with Gasteiger partial charge in [-0.1, -0.05) is 60.7 Å². The third-order valence-corrected chi connectivity index (χ3v) is 6.64. The number of carbonyl (C=O) groups is 2. The van der Waals surface area contributed by atoms with Gasteiger partial charge in [0.25, 0.3) is 0 Å². The van der Waals surface area contributed by atoms with E-state index in [2.05, 4.69) is 11.1 Å². The summed E-state index contributed by atoms with van der Waals surface area (Å²) in [5, 5.41) is 1.16. The van der Waals surface area contributed by atoms with Crippen molar-refractivity contribution in [2.75, 3.05) is 20.2 Å². The van der Waals surface area contributed by atoms with Crippen LogP contribution in [-0.4, -0.2) is 52.8 Å². The van der Waals surface area contributed by atoms with E-state index in [0.717, 1.165) is 33.3 Å². The molecule has 4 rings (SSSR count). The molecule has 0 aliphatic rings. The number of nitrogens with one attached hydrogen (secondary N) is 1. The zero-order valence-electron chi connectivity index (χ0n) is 22.3. The molecular formula is C32H35N3O3. The maximum atomic E-state index is 13.7. The number of carbonyl (C=O) groups excluding carboxylic acids is 2. The fourth-order valence-corrected chi connectivity index (χ4v) is 4.43. The average Bonchev–Trinajstić information content (AvgIpc) is 3.36. The molecule has 1 N–H and O–H groups in total. The van der Waals surface area contributed by atoms with Crippen molar-refractivity contribution in [1.29, 1.82) is 0 Å². The Morgan fingerprint density at radius 2 is 1.66 bits per heavy atom. The summed E-state index contributed by atoms with van der Waals surface area (Å²) in [4.78, 5) is 33.5. The van der Waals surface area contributed by atoms with Crippen LogP contribution in [0, 0.1) is 0 Å². The van der Waals surface area contributed by atoms with E-state index in [-0.39, 0.29) is 24.4 Å². The van der Waals surface area contributed by atoms with Crippen molar-refractivity contribution >= 4 is 28.8 Å². The van der Waals surface area contributed by atoms with Crippen molar-refractivity contribution < 1.29 is 14.3 Å². The molecule has 6 nitrogen and oxygen atoms in total. The topological polar surface area (TPSA) is 65.6 Å². The van der Waals surface area contributed by atoms with Gasteiger partial charge in [-0.05, 0) is 61.2 Å². The molecule has 0 saturated heterocycles. The van der Waals surface area contributed by atoms with Crippen LogP contribution in [0.4, 0.5) is 0 Å². The van der Waals surface area contributed by atoms with Gasteiger partial charge in [0.2, 0.25) is 11.8 Å². The first-order chi connectivity index (χ1) is 18.4. The summed E-state index contributed by atoms with van der Waals surface area (Å²) in [7, 11) is 1.63. The first-order valence-corrected chi connectivity index (χ1v) is 12.9. The minimum atomic E-state index is -0.182. The Hall–Kier alpha value is -4.32. The molecule has 0 unspecified atom stereocenters. The Labute approximate surface area is 224 Å². The van der Waals surface area contributed by atoms with Gasteiger partial charge in [0.1, 0.15) is 12.3 Å². The molecule has 3 aromatic carbocycles. The van der Waals surface area contributed by atoms with Gasteiger partial charge in [-0.2, -0.15) is 0 Å². The fourth-order valence-electron chi connectivity index (χ4n) is 4.43. The number of rotatable bonds is 11. The molecule has 1 aromatic heterocycles. The van der Waals surface area contributed by atoms with Gasteiger partial charge in [-0.25, -0.2) is 0 Å². The second-order valence-corrected chi connectivity index (χ2v) is 9.58. The number of nitrogens with zero attached hydrogens (tertiary/aromatic N) is 2. The molecule has 0 fully saturated rings. The van der Waals surface area contributed by atoms with Gasteiger partial charge in [0.15, 0.2) is 0 Å². The van der Waals surface area contributed by atoms with Crippen LogP contribution in [0.25, 0.3) is 17.0 Å². The third kappa shape index (κ3) is 6.91. The number of hydrogen-bond acceptors (Lipinski definition) is 3. The number of benzene rings is 3. The molecule has 0 atom stereocenters. The minimum Gasteiger partial charge on any atom is -0.497 e. The highest BCUT2D eigenvalue weighted by Crippen LogP contribution is 2.20. The van der Waals surface area contributed by atoms with Crippen molar-refractivity contribution in [2.45, 2.75) is 32.9 Å². The lowest BCUT2D eigenvalue weighted by Gasteiger charge is -2.29. The normalized spacial score (nSPS) is 11.3. The standard InChI is InChI=1S/C32H35N3O3/c1-24(2)35(31(36)18-15-25-9-5-4-6-10-25)23-32(37)34(22-26-13-16-28(38-3)17-14-26)20-19-27-21-33-30-12-8-7-11-29(27)30/h4-18,21,24,33H,19-20,22-23H2,1-3H3/b18-15+. The number of ether oxygens (including phenoxy) is 1. The number of hydrogen-bond donors (Lipinski definition) is 1. The highest BCUT2D eigenvalue weighted by molar-refractivity contribution is 5.94. The zero-order chi connectivity index (χ0) is 26.9. The van der Waals surface area contributed by atoms with Gasteiger partial charge >= 0.3 is 0 Å². The highest BCUT2D eigenvalue weighted by Gasteiger charge is 2.23. The predicted octanol–water partition coefficient (Wildman–Crippen LogP) is 5.70. The van der Waals surface area contributed by atoms with Crippen LogP contribution in [0.15, 0.2) is 91.1 Å². The summed E-state index contributed by atoms with van der Waals surface area (Å²) in [5.41, 5.74) is 4.19. The van der Waals surface area contributed by atoms with E-state index in [4.69, 9.17) is 4.74 Å². The van der Waals surface area contributed by atoms with Crippen molar-refractivity contribution in [3.63, 3.8) is 0 Å². The molecule has 0 radical (unpaired) electrons. The first kappa shape index (κ1) is 26.7. The van der Waals surface area contributed by atoms with E-state index >= 15 is 0 Å². The van der Waals surface area contributed by atoms with Crippen molar-refractivity contribution in [2.24, 2.45) is 0 Å². The monoisotopic (exact) mass is 509 g/mol. The largest absolute Gasteiger partial charge is 0.497 e. The molecule has 6 heteroatoms. The average molecular weight is 510 g/mol. The molecule has 38 heavy (non-hydrogen) atoms. The summed E-state index contributed by atoms with van der Waals surface area (Å²) >= 11 is 0. The predicted molar refractivity (Wildman–Crippen MR) is 153 cm³/mol. The molecule has 0 saturated carbocycles. The van der Waals surface area contributed by atoms with Crippen LogP contribution in [0.3, 0.4) is 0 Å². The molecule has 4 aromatic rings. The highest BCUT2D eigenvalue weighted by atomic mass is 16.5. The maximum Gasteiger partial charge on any atom is 0.247 e. The van der Waals surface area contributed by atoms with Crippen LogP contribution in [0.5, 0.6) is 5.75 Å². The summed E-state index contributed by atoms with van der Waals surface area (Å²) < 4.78 is 5.28. The number of H-pyrrole nitrogens is 1. The quantitative estimate of drug-likeness (QED) is 0.264. The molecule has 196 valence electrons. The molecule has 0 aliphatic carbocycles. The summed E-state index contributed by atoms with van der Waals surface area (Å²) in [6.07, 6.45) is 6.05. The number of para-hydroxylation sites is 1. The molecular weight excluding hydrogens is 474 g/mol. The minimum absolute atomic E-state index is 0.0136. The van der Waals surface area contributed by atoms with E-state index in [1.54, 1.807) is 24.2 Å². The van der Waals surface area contributed by atoms with Gasteiger partial charge in [-0.15, -0.1) is 0 Å². The SMILES string of the molecule is COc1ccc(CN(CCc2c[nH]c3ccccc23)C(=O)CN(C(=O)/C=C/c2ccccc2)C(C)C)cc1. The maximum absolute atomic E-state index is 13.7. The second kappa shape index (κ2) is 12.8. The van der Waals surface area contributed by atoms with Gasteiger partial charge < -0.3 is 19.5 Å². The fraction of sp³-hybridized carbons (Fsp3) is 0.250. The van der Waals surface area contributed by atoms with E-state index in [1.807, 2.05) is 97.7 Å². The van der Waals surface area contributed by atoms with Crippen molar-refractivity contribution in [1.82, 2.24) is 14.8 Å². The van der Waals surface area contributed by atoms with Crippen LogP contribution in [0.1, 0.15) is 30.5 Å². The number of fused-ring (bicyclic) bond motifs is 1. The van der Waals surface area contributed by atoms with Crippen LogP contribution >= 0.6 is 0 Å². The lowest BCUT2D eigenvalue weighted by molar-refractivity contribution is -0.139. The van der Waals surface area contributed by atoms with Gasteiger partial charge in [-0.3, -0.25) is 9.59 Å².